The summed E-state index contributed by atoms with van der Waals surface area (Å²) in [5, 5.41) is 0.759. The molecule has 0 amide bonds. The number of rotatable bonds is 7. The molecule has 0 aliphatic rings. The second-order valence-electron chi connectivity index (χ2n) is 7.47. The zero-order chi connectivity index (χ0) is 23.6. The predicted molar refractivity (Wildman–Crippen MR) is 123 cm³/mol. The number of carbonyl (C=O) groups excluding carboxylic acids is 1. The van der Waals surface area contributed by atoms with Crippen molar-refractivity contribution in [3.8, 4) is 11.1 Å². The fraction of sp³-hybridized carbons (Fsp3) is 0.261. The van der Waals surface area contributed by atoms with Gasteiger partial charge < -0.3 is 15.0 Å². The number of aromatic nitrogens is 1. The van der Waals surface area contributed by atoms with Gasteiger partial charge >= 0.3 is 5.97 Å². The Morgan fingerprint density at radius 3 is 2.56 bits per heavy atom. The lowest BCUT2D eigenvalue weighted by atomic mass is 10.0. The van der Waals surface area contributed by atoms with Gasteiger partial charge in [-0.2, -0.15) is 0 Å². The van der Waals surface area contributed by atoms with Crippen molar-refractivity contribution in [3.63, 3.8) is 0 Å². The first-order valence-electron chi connectivity index (χ1n) is 9.90. The number of methoxy groups -OCH3 is 1. The average Bonchev–Trinajstić information content (AvgIpc) is 3.04. The summed E-state index contributed by atoms with van der Waals surface area (Å²) in [6.45, 7) is 1.82. The van der Waals surface area contributed by atoms with Gasteiger partial charge in [-0.05, 0) is 42.8 Å². The first kappa shape index (κ1) is 23.6. The maximum atomic E-state index is 14.4. The summed E-state index contributed by atoms with van der Waals surface area (Å²) in [7, 11) is 0.607. The van der Waals surface area contributed by atoms with Crippen molar-refractivity contribution in [2.75, 3.05) is 27.7 Å². The van der Waals surface area contributed by atoms with Gasteiger partial charge in [-0.25, -0.2) is 21.9 Å². The van der Waals surface area contributed by atoms with Gasteiger partial charge in [0, 0.05) is 37.3 Å². The van der Waals surface area contributed by atoms with E-state index in [1.807, 2.05) is 6.92 Å². The van der Waals surface area contributed by atoms with Gasteiger partial charge in [0.2, 0.25) is 10.0 Å². The lowest BCUT2D eigenvalue weighted by Gasteiger charge is -2.13. The van der Waals surface area contributed by atoms with E-state index in [1.165, 1.54) is 33.3 Å². The summed E-state index contributed by atoms with van der Waals surface area (Å²) in [4.78, 5) is 12.2. The summed E-state index contributed by atoms with van der Waals surface area (Å²) in [5.74, 6) is -0.914. The molecular weight excluding hydrogens is 433 g/mol. The Labute approximate surface area is 186 Å². The fourth-order valence-electron chi connectivity index (χ4n) is 3.66. The van der Waals surface area contributed by atoms with Gasteiger partial charge in [-0.1, -0.05) is 18.2 Å². The van der Waals surface area contributed by atoms with Gasteiger partial charge in [0.05, 0.1) is 29.6 Å². The van der Waals surface area contributed by atoms with Crippen molar-refractivity contribution in [3.05, 3.63) is 65.6 Å². The van der Waals surface area contributed by atoms with E-state index in [-0.39, 0.29) is 18.0 Å². The highest BCUT2D eigenvalue weighted by Crippen LogP contribution is 2.37. The maximum absolute atomic E-state index is 14.4. The van der Waals surface area contributed by atoms with Crippen LogP contribution in [0.25, 0.3) is 22.0 Å². The van der Waals surface area contributed by atoms with Crippen LogP contribution in [0.3, 0.4) is 0 Å². The van der Waals surface area contributed by atoms with Crippen LogP contribution in [0.4, 0.5) is 4.39 Å². The van der Waals surface area contributed by atoms with Crippen LogP contribution in [0, 0.1) is 6.92 Å². The molecule has 7 nitrogen and oxygen atoms in total. The third-order valence-electron chi connectivity index (χ3n) is 5.30. The average molecular weight is 460 g/mol. The molecule has 0 fully saturated rings. The summed E-state index contributed by atoms with van der Waals surface area (Å²) in [6.07, 6.45) is 1.29. The molecule has 0 atom stereocenters. The van der Waals surface area contributed by atoms with E-state index in [0.717, 1.165) is 20.9 Å². The molecule has 3 aromatic rings. The lowest BCUT2D eigenvalue weighted by Crippen LogP contribution is -2.22. The SMILES string of the molecule is COC(=O)c1ccc2c(-c3cccc(S(=O)(=O)N(C)C)c3)c(C)n(CC(F)=CCN)c2c1. The molecule has 0 bridgehead atoms. The molecule has 0 unspecified atom stereocenters. The number of allylic oxidation sites excluding steroid dienone is 1. The minimum atomic E-state index is -3.63. The van der Waals surface area contributed by atoms with Gasteiger partial charge in [0.15, 0.2) is 0 Å². The highest BCUT2D eigenvalue weighted by atomic mass is 32.2. The molecule has 0 saturated carbocycles. The Balaban J connectivity index is 2.30. The Bertz CT molecular complexity index is 1310. The quantitative estimate of drug-likeness (QED) is 0.546. The van der Waals surface area contributed by atoms with E-state index < -0.39 is 21.8 Å². The maximum Gasteiger partial charge on any atom is 0.337 e. The molecule has 9 heteroatoms. The topological polar surface area (TPSA) is 94.6 Å². The summed E-state index contributed by atoms with van der Waals surface area (Å²) in [6, 6.07) is 11.7. The molecule has 0 saturated heterocycles. The Kier molecular flexibility index (Phi) is 6.82. The van der Waals surface area contributed by atoms with E-state index in [9.17, 15) is 17.6 Å². The van der Waals surface area contributed by atoms with Crippen molar-refractivity contribution in [2.45, 2.75) is 18.4 Å². The number of ether oxygens (including phenoxy) is 1. The number of carbonyl (C=O) groups is 1. The Hall–Kier alpha value is -3.01. The molecule has 2 N–H and O–H groups in total. The zero-order valence-corrected chi connectivity index (χ0v) is 19.2. The first-order chi connectivity index (χ1) is 15.1. The number of hydrogen-bond donors (Lipinski definition) is 1. The van der Waals surface area contributed by atoms with Crippen LogP contribution in [0.15, 0.2) is 59.3 Å². The van der Waals surface area contributed by atoms with Gasteiger partial charge in [0.1, 0.15) is 5.83 Å². The zero-order valence-electron chi connectivity index (χ0n) is 18.4. The molecule has 170 valence electrons. The summed E-state index contributed by atoms with van der Waals surface area (Å²) >= 11 is 0. The number of nitrogens with zero attached hydrogens (tertiary/aromatic N) is 2. The van der Waals surface area contributed by atoms with Crippen LogP contribution < -0.4 is 5.73 Å². The minimum Gasteiger partial charge on any atom is -0.465 e. The van der Waals surface area contributed by atoms with E-state index in [4.69, 9.17) is 10.5 Å². The number of esters is 1. The van der Waals surface area contributed by atoms with Crippen molar-refractivity contribution in [1.82, 2.24) is 8.87 Å². The largest absolute Gasteiger partial charge is 0.465 e. The normalized spacial score (nSPS) is 12.5. The van der Waals surface area contributed by atoms with E-state index in [1.54, 1.807) is 41.0 Å². The number of halogens is 1. The summed E-state index contributed by atoms with van der Waals surface area (Å²) in [5.41, 5.74) is 8.55. The van der Waals surface area contributed by atoms with Crippen LogP contribution in [0.2, 0.25) is 0 Å². The van der Waals surface area contributed by atoms with Gasteiger partial charge in [0.25, 0.3) is 0 Å². The third kappa shape index (κ3) is 4.32. The number of hydrogen-bond acceptors (Lipinski definition) is 5. The van der Waals surface area contributed by atoms with Crippen LogP contribution in [0.5, 0.6) is 0 Å². The molecule has 0 spiro atoms. The standard InChI is InChI=1S/C23H26FN3O4S/c1-15-22(16-6-5-7-19(12-16)32(29,30)26(2)3)20-9-8-17(23(28)31-4)13-21(20)27(15)14-18(24)10-11-25/h5-10,12-13H,11,14,25H2,1-4H3. The predicted octanol–water partition coefficient (Wildman–Crippen LogP) is 3.47. The summed E-state index contributed by atoms with van der Waals surface area (Å²) < 4.78 is 47.4. The molecule has 0 radical (unpaired) electrons. The molecule has 0 aliphatic heterocycles. The van der Waals surface area contributed by atoms with E-state index >= 15 is 0 Å². The second-order valence-corrected chi connectivity index (χ2v) is 9.62. The van der Waals surface area contributed by atoms with Crippen LogP contribution >= 0.6 is 0 Å². The second kappa shape index (κ2) is 9.23. The molecule has 3 rings (SSSR count). The lowest BCUT2D eigenvalue weighted by molar-refractivity contribution is 0.0601. The molecule has 32 heavy (non-hydrogen) atoms. The monoisotopic (exact) mass is 459 g/mol. The smallest absolute Gasteiger partial charge is 0.337 e. The molecule has 1 heterocycles. The molecular formula is C23H26FN3O4S. The van der Waals surface area contributed by atoms with E-state index in [2.05, 4.69) is 0 Å². The van der Waals surface area contributed by atoms with Crippen molar-refractivity contribution in [2.24, 2.45) is 5.73 Å². The van der Waals surface area contributed by atoms with Gasteiger partial charge in [-0.15, -0.1) is 0 Å². The van der Waals surface area contributed by atoms with Gasteiger partial charge in [-0.3, -0.25) is 0 Å². The molecule has 2 aromatic carbocycles. The third-order valence-corrected chi connectivity index (χ3v) is 7.11. The highest BCUT2D eigenvalue weighted by Gasteiger charge is 2.22. The van der Waals surface area contributed by atoms with Crippen LogP contribution in [0.1, 0.15) is 16.1 Å². The number of sulfonamides is 1. The Morgan fingerprint density at radius 2 is 1.94 bits per heavy atom. The van der Waals surface area contributed by atoms with Crippen molar-refractivity contribution < 1.29 is 22.3 Å². The van der Waals surface area contributed by atoms with E-state index in [0.29, 0.717) is 16.6 Å². The number of nitrogens with two attached hydrogens (primary N) is 1. The number of fused-ring (bicyclic) bond motifs is 1. The Morgan fingerprint density at radius 1 is 1.22 bits per heavy atom. The molecule has 1 aromatic heterocycles. The fourth-order valence-corrected chi connectivity index (χ4v) is 4.60. The first-order valence-corrected chi connectivity index (χ1v) is 11.3. The number of benzene rings is 2. The van der Waals surface area contributed by atoms with Crippen LogP contribution in [-0.2, 0) is 21.3 Å². The highest BCUT2D eigenvalue weighted by molar-refractivity contribution is 7.89. The van der Waals surface area contributed by atoms with Crippen LogP contribution in [-0.4, -0.2) is 51.0 Å². The van der Waals surface area contributed by atoms with Crippen molar-refractivity contribution in [1.29, 1.82) is 0 Å². The van der Waals surface area contributed by atoms with Crippen molar-refractivity contribution >= 4 is 26.9 Å². The minimum absolute atomic E-state index is 0.0643. The molecule has 0 aliphatic carbocycles.